The number of hydrogen-bond donors (Lipinski definition) is 6. The van der Waals surface area contributed by atoms with Crippen LogP contribution in [-0.2, 0) is 14.3 Å². The van der Waals surface area contributed by atoms with Crippen molar-refractivity contribution in [3.63, 3.8) is 0 Å². The number of carbonyl (C=O) groups is 1. The van der Waals surface area contributed by atoms with Crippen LogP contribution >= 0.6 is 24.0 Å². The van der Waals surface area contributed by atoms with Gasteiger partial charge in [-0.1, -0.05) is 51.2 Å². The summed E-state index contributed by atoms with van der Waals surface area (Å²) in [7, 11) is 0. The second kappa shape index (κ2) is 23.2. The lowest BCUT2D eigenvalue weighted by atomic mass is 9.85. The molecule has 386 valence electrons. The van der Waals surface area contributed by atoms with Gasteiger partial charge in [-0.15, -0.1) is 24.0 Å². The summed E-state index contributed by atoms with van der Waals surface area (Å²) in [4.78, 5) is 29.5. The number of hydrogen-bond acceptors (Lipinski definition) is 15. The Labute approximate surface area is 425 Å². The van der Waals surface area contributed by atoms with Gasteiger partial charge < -0.3 is 34.6 Å². The fourth-order valence-corrected chi connectivity index (χ4v) is 11.6. The number of rotatable bonds is 19. The number of aromatic nitrogens is 2. The van der Waals surface area contributed by atoms with Crippen molar-refractivity contribution in [1.82, 2.24) is 30.4 Å². The predicted octanol–water partition coefficient (Wildman–Crippen LogP) is 7.76. The number of allylic oxidation sites excluding steroid dienone is 8. The highest BCUT2D eigenvalue weighted by atomic mass is 32.1. The van der Waals surface area contributed by atoms with Gasteiger partial charge in [-0.3, -0.25) is 20.4 Å². The average molecular weight is 1020 g/mol. The third kappa shape index (κ3) is 12.9. The number of halogens is 3. The first-order chi connectivity index (χ1) is 33.7. The summed E-state index contributed by atoms with van der Waals surface area (Å²) in [5.74, 6) is 1.01. The highest BCUT2D eigenvalue weighted by Gasteiger charge is 2.54. The van der Waals surface area contributed by atoms with E-state index in [-0.39, 0.29) is 18.6 Å². The first-order valence-electron chi connectivity index (χ1n) is 24.5. The van der Waals surface area contributed by atoms with E-state index in [2.05, 4.69) is 33.8 Å². The molecular formula is C52H69F3N8O6S2. The van der Waals surface area contributed by atoms with E-state index in [1.807, 2.05) is 62.4 Å². The van der Waals surface area contributed by atoms with Crippen molar-refractivity contribution in [2.24, 2.45) is 5.41 Å². The smallest absolute Gasteiger partial charge is 0.414 e. The Morgan fingerprint density at radius 2 is 1.87 bits per heavy atom. The molecule has 71 heavy (non-hydrogen) atoms. The predicted molar refractivity (Wildman–Crippen MR) is 272 cm³/mol. The highest BCUT2D eigenvalue weighted by molar-refractivity contribution is 7.81. The van der Waals surface area contributed by atoms with Crippen molar-refractivity contribution in [2.75, 3.05) is 37.8 Å². The molecule has 2 aromatic heterocycles. The standard InChI is InChI=1S/C52H69F3N8O6S2/c1-32-44(71-31-59-32)35-13-11-33(12-14-35)28-58-46(65)42-10-9-23-61(42)47(66)45(50(2,3)4)60-43(64)30-68-24-7-8-25-69-39-20-16-34(17-21-39)41-22-19-38(29-57-41)63-49(70)62(48(67)51(63,5)6)37-18-15-36(27-56)40(26-37)52(53,54)55/h11-13,15-16,18-20,22,29,31,35,37,42-43,45-46,48-49,58,60,64-65,67,70H,7-10,14,17,21,23-26,28,30H2,1-6H3/t35?,37?,42-,43?,45+,46?,48?,49?/m0/s1. The second-order valence-corrected chi connectivity index (χ2v) is 21.9. The molecule has 0 aromatic carbocycles. The van der Waals surface area contributed by atoms with Crippen molar-refractivity contribution in [3.8, 4) is 6.07 Å². The van der Waals surface area contributed by atoms with Crippen molar-refractivity contribution in [2.45, 2.75) is 153 Å². The minimum absolute atomic E-state index is 0.00640. The zero-order chi connectivity index (χ0) is 51.3. The maximum atomic E-state index is 14.1. The Balaban J connectivity index is 0.815. The van der Waals surface area contributed by atoms with Crippen molar-refractivity contribution < 1.29 is 42.8 Å². The molecule has 1 amide bonds. The van der Waals surface area contributed by atoms with Gasteiger partial charge >= 0.3 is 6.18 Å². The minimum atomic E-state index is -4.68. The number of aliphatic hydroxyl groups is 3. The number of nitrogens with one attached hydrogen (secondary N) is 2. The number of pyridine rings is 1. The molecule has 2 fully saturated rings. The van der Waals surface area contributed by atoms with E-state index in [1.165, 1.54) is 21.9 Å². The van der Waals surface area contributed by atoms with Crippen LogP contribution in [0.25, 0.3) is 5.57 Å². The average Bonchev–Trinajstić information content (AvgIpc) is 4.05. The number of ether oxygens (including phenoxy) is 2. The summed E-state index contributed by atoms with van der Waals surface area (Å²) in [5, 5.41) is 49.3. The van der Waals surface area contributed by atoms with E-state index in [0.29, 0.717) is 63.6 Å². The molecule has 8 atom stereocenters. The van der Waals surface area contributed by atoms with Gasteiger partial charge in [0, 0.05) is 43.0 Å². The molecule has 7 rings (SSSR count). The van der Waals surface area contributed by atoms with Gasteiger partial charge in [-0.2, -0.15) is 18.4 Å². The van der Waals surface area contributed by atoms with Crippen LogP contribution in [0.2, 0.25) is 0 Å². The molecule has 2 aliphatic heterocycles. The number of thiazole rings is 1. The number of aliphatic hydroxyl groups excluding tert-OH is 3. The number of likely N-dealkylation sites (tertiary alicyclic amines) is 1. The van der Waals surface area contributed by atoms with Crippen molar-refractivity contribution >= 4 is 41.1 Å². The van der Waals surface area contributed by atoms with Crippen molar-refractivity contribution in [1.29, 1.82) is 5.26 Å². The Morgan fingerprint density at radius 1 is 1.10 bits per heavy atom. The molecule has 2 aromatic rings. The van der Waals surface area contributed by atoms with Crippen LogP contribution in [0.4, 0.5) is 18.9 Å². The molecule has 6 unspecified atom stereocenters. The topological polar surface area (TPSA) is 180 Å². The Kier molecular flexibility index (Phi) is 17.8. The van der Waals surface area contributed by atoms with E-state index in [4.69, 9.17) is 27.1 Å². The SMILES string of the molecule is Cc1ncsc1C1C=CC(CNC(O)[C@@H]2CCCN2C(=O)[C@@H](NC(O)COCCCCOC2=CC=C(c3ccc(N4C(S)N(C5C=CC(C#N)=C(C(F)(F)F)C5)C(O)C4(C)C)cn3)CC2)C(C)(C)C)=CC1. The number of amides is 1. The first kappa shape index (κ1) is 54.4. The summed E-state index contributed by atoms with van der Waals surface area (Å²) in [6.45, 7) is 13.4. The number of carbonyl (C=O) groups excluding carboxylic acids is 1. The van der Waals surface area contributed by atoms with Gasteiger partial charge in [0.15, 0.2) is 0 Å². The molecule has 0 bridgehead atoms. The zero-order valence-electron chi connectivity index (χ0n) is 41.4. The van der Waals surface area contributed by atoms with Gasteiger partial charge in [-0.25, -0.2) is 9.88 Å². The molecule has 0 radical (unpaired) electrons. The lowest BCUT2D eigenvalue weighted by Crippen LogP contribution is -2.59. The van der Waals surface area contributed by atoms with Gasteiger partial charge in [0.2, 0.25) is 5.91 Å². The maximum Gasteiger partial charge on any atom is 0.414 e. The van der Waals surface area contributed by atoms with E-state index in [9.17, 15) is 38.5 Å². The number of anilines is 1. The summed E-state index contributed by atoms with van der Waals surface area (Å²) in [6.07, 6.45) is 11.7. The third-order valence-corrected chi connectivity index (χ3v) is 15.6. The molecule has 2 saturated heterocycles. The van der Waals surface area contributed by atoms with E-state index >= 15 is 0 Å². The molecule has 0 saturated carbocycles. The third-order valence-electron chi connectivity index (χ3n) is 14.0. The number of aryl methyl sites for hydroxylation is 1. The maximum absolute atomic E-state index is 14.1. The van der Waals surface area contributed by atoms with Crippen molar-refractivity contribution in [3.05, 3.63) is 105 Å². The number of unbranched alkanes of at least 4 members (excludes halogenated alkanes) is 1. The molecule has 19 heteroatoms. The Hall–Kier alpha value is -4.36. The Bertz CT molecular complexity index is 2420. The lowest BCUT2D eigenvalue weighted by molar-refractivity contribution is -0.141. The van der Waals surface area contributed by atoms with Crippen LogP contribution in [0.15, 0.2) is 88.9 Å². The highest BCUT2D eigenvalue weighted by Crippen LogP contribution is 2.45. The van der Waals surface area contributed by atoms with Crippen LogP contribution in [0, 0.1) is 23.7 Å². The quantitative estimate of drug-likeness (QED) is 0.0458. The fraction of sp³-hybridized carbons (Fsp3) is 0.577. The van der Waals surface area contributed by atoms with Crippen LogP contribution in [-0.4, -0.2) is 128 Å². The van der Waals surface area contributed by atoms with Gasteiger partial charge in [0.05, 0.1) is 82.6 Å². The number of nitrogens with zero attached hydrogens (tertiary/aromatic N) is 6. The van der Waals surface area contributed by atoms with E-state index in [0.717, 1.165) is 47.6 Å². The molecule has 5 aliphatic rings. The first-order valence-corrected chi connectivity index (χ1v) is 25.9. The summed E-state index contributed by atoms with van der Waals surface area (Å²) in [6, 6.07) is 3.46. The minimum Gasteiger partial charge on any atom is -0.498 e. The van der Waals surface area contributed by atoms with Gasteiger partial charge in [0.25, 0.3) is 0 Å². The second-order valence-electron chi connectivity index (χ2n) is 20.5. The van der Waals surface area contributed by atoms with Crippen LogP contribution in [0.5, 0.6) is 0 Å². The molecule has 14 nitrogen and oxygen atoms in total. The van der Waals surface area contributed by atoms with Crippen LogP contribution in [0.3, 0.4) is 0 Å². The van der Waals surface area contributed by atoms with Crippen LogP contribution in [0.1, 0.15) is 108 Å². The number of thiol groups is 1. The molecule has 0 spiro atoms. The zero-order valence-corrected chi connectivity index (χ0v) is 43.1. The Morgan fingerprint density at radius 3 is 2.51 bits per heavy atom. The molecular weight excluding hydrogens is 954 g/mol. The van der Waals surface area contributed by atoms with Gasteiger partial charge in [-0.05, 0) is 107 Å². The summed E-state index contributed by atoms with van der Waals surface area (Å²) in [5.41, 5.74) is 2.88. The summed E-state index contributed by atoms with van der Waals surface area (Å²) < 4.78 is 53.4. The monoisotopic (exact) mass is 1020 g/mol. The number of alkyl halides is 3. The largest absolute Gasteiger partial charge is 0.498 e. The fourth-order valence-electron chi connectivity index (χ4n) is 10.0. The van der Waals surface area contributed by atoms with Gasteiger partial charge in [0.1, 0.15) is 24.2 Å². The summed E-state index contributed by atoms with van der Waals surface area (Å²) >= 11 is 6.46. The van der Waals surface area contributed by atoms with E-state index < -0.39 is 71.0 Å². The van der Waals surface area contributed by atoms with E-state index in [1.54, 1.807) is 42.4 Å². The normalized spacial score (nSPS) is 25.2. The lowest BCUT2D eigenvalue weighted by Gasteiger charge is -2.38. The molecule has 5 N–H and O–H groups in total. The van der Waals surface area contributed by atoms with Crippen LogP contribution < -0.4 is 15.5 Å². The molecule has 4 heterocycles. The number of nitriles is 1. The molecule has 3 aliphatic carbocycles.